The van der Waals surface area contributed by atoms with Crippen molar-refractivity contribution < 1.29 is 0 Å². The molecule has 0 unspecified atom stereocenters. The molecule has 1 aromatic heterocycles. The highest BCUT2D eigenvalue weighted by Gasteiger charge is 2.30. The van der Waals surface area contributed by atoms with Crippen LogP contribution >= 0.6 is 27.3 Å². The molecule has 0 atom stereocenters. The summed E-state index contributed by atoms with van der Waals surface area (Å²) in [6.45, 7) is 5.42. The minimum atomic E-state index is 0.676. The van der Waals surface area contributed by atoms with Crippen molar-refractivity contribution in [1.82, 2.24) is 5.32 Å². The average molecular weight is 350 g/mol. The number of thiophene rings is 1. The first-order chi connectivity index (χ1) is 9.63. The standard InChI is InChI=1S/C17H20BrNS/c1-11-7-15(20-12(11)2)10-19-14-8-13(9-14)16-5-3-4-6-17(16)18/h3-7,13-14,19H,8-10H2,1-2H3. The van der Waals surface area contributed by atoms with Crippen LogP contribution in [0.25, 0.3) is 0 Å². The van der Waals surface area contributed by atoms with E-state index in [-0.39, 0.29) is 0 Å². The first kappa shape index (κ1) is 14.3. The molecule has 2 aromatic rings. The van der Waals surface area contributed by atoms with Gasteiger partial charge in [0.05, 0.1) is 0 Å². The molecule has 0 aliphatic heterocycles. The number of aryl methyl sites for hydroxylation is 2. The van der Waals surface area contributed by atoms with Gasteiger partial charge < -0.3 is 5.32 Å². The minimum absolute atomic E-state index is 0.676. The van der Waals surface area contributed by atoms with Crippen molar-refractivity contribution in [2.45, 2.75) is 45.2 Å². The van der Waals surface area contributed by atoms with E-state index in [0.29, 0.717) is 6.04 Å². The lowest BCUT2D eigenvalue weighted by Gasteiger charge is -2.36. The van der Waals surface area contributed by atoms with Crippen molar-refractivity contribution in [3.63, 3.8) is 0 Å². The third kappa shape index (κ3) is 3.00. The molecule has 1 aliphatic rings. The Kier molecular flexibility index (Phi) is 4.29. The zero-order chi connectivity index (χ0) is 14.1. The Labute approximate surface area is 133 Å². The van der Waals surface area contributed by atoms with E-state index in [9.17, 15) is 0 Å². The molecule has 1 heterocycles. The van der Waals surface area contributed by atoms with Gasteiger partial charge in [-0.25, -0.2) is 0 Å². The van der Waals surface area contributed by atoms with Crippen LogP contribution in [-0.4, -0.2) is 6.04 Å². The Bertz CT molecular complexity index is 579. The van der Waals surface area contributed by atoms with Gasteiger partial charge in [-0.05, 0) is 55.9 Å². The second-order valence-electron chi connectivity index (χ2n) is 5.72. The zero-order valence-corrected chi connectivity index (χ0v) is 14.4. The van der Waals surface area contributed by atoms with E-state index in [2.05, 4.69) is 65.4 Å². The summed E-state index contributed by atoms with van der Waals surface area (Å²) in [6.07, 6.45) is 2.51. The predicted octanol–water partition coefficient (Wildman–Crippen LogP) is 5.16. The Morgan fingerprint density at radius 2 is 2.00 bits per heavy atom. The van der Waals surface area contributed by atoms with Crippen LogP contribution < -0.4 is 5.32 Å². The van der Waals surface area contributed by atoms with E-state index in [1.165, 1.54) is 38.2 Å². The molecule has 3 heteroatoms. The molecule has 0 saturated heterocycles. The van der Waals surface area contributed by atoms with Crippen molar-refractivity contribution in [3.8, 4) is 0 Å². The fourth-order valence-electron chi connectivity index (χ4n) is 2.83. The fourth-order valence-corrected chi connectivity index (χ4v) is 4.44. The van der Waals surface area contributed by atoms with Crippen LogP contribution in [0.1, 0.15) is 39.6 Å². The Balaban J connectivity index is 1.50. The van der Waals surface area contributed by atoms with E-state index in [4.69, 9.17) is 0 Å². The Morgan fingerprint density at radius 1 is 1.25 bits per heavy atom. The summed E-state index contributed by atoms with van der Waals surface area (Å²) in [4.78, 5) is 2.91. The maximum atomic E-state index is 3.69. The van der Waals surface area contributed by atoms with Gasteiger partial charge in [0.2, 0.25) is 0 Å². The van der Waals surface area contributed by atoms with Crippen molar-refractivity contribution in [3.05, 3.63) is 55.7 Å². The van der Waals surface area contributed by atoms with Gasteiger partial charge in [-0.3, -0.25) is 0 Å². The van der Waals surface area contributed by atoms with E-state index in [1.54, 1.807) is 0 Å². The predicted molar refractivity (Wildman–Crippen MR) is 90.5 cm³/mol. The fraction of sp³-hybridized carbons (Fsp3) is 0.412. The van der Waals surface area contributed by atoms with Crippen LogP contribution in [0.2, 0.25) is 0 Å². The Morgan fingerprint density at radius 3 is 2.65 bits per heavy atom. The van der Waals surface area contributed by atoms with Crippen molar-refractivity contribution in [2.24, 2.45) is 0 Å². The third-order valence-electron chi connectivity index (χ3n) is 4.27. The van der Waals surface area contributed by atoms with Gasteiger partial charge >= 0.3 is 0 Å². The summed E-state index contributed by atoms with van der Waals surface area (Å²) in [5.74, 6) is 0.717. The molecular formula is C17H20BrNS. The normalized spacial score (nSPS) is 21.8. The molecule has 3 rings (SSSR count). The molecule has 0 spiro atoms. The number of hydrogen-bond acceptors (Lipinski definition) is 2. The summed E-state index contributed by atoms with van der Waals surface area (Å²) in [7, 11) is 0. The molecule has 1 aromatic carbocycles. The van der Waals surface area contributed by atoms with Gasteiger partial charge in [-0.1, -0.05) is 34.1 Å². The summed E-state index contributed by atoms with van der Waals surface area (Å²) in [5, 5.41) is 3.69. The van der Waals surface area contributed by atoms with E-state index in [1.807, 2.05) is 11.3 Å². The molecule has 1 fully saturated rings. The van der Waals surface area contributed by atoms with E-state index < -0.39 is 0 Å². The van der Waals surface area contributed by atoms with Crippen LogP contribution in [0.3, 0.4) is 0 Å². The number of benzene rings is 1. The van der Waals surface area contributed by atoms with Gasteiger partial charge in [0.1, 0.15) is 0 Å². The highest BCUT2D eigenvalue weighted by molar-refractivity contribution is 9.10. The number of nitrogens with one attached hydrogen (secondary N) is 1. The molecular weight excluding hydrogens is 330 g/mol. The lowest BCUT2D eigenvalue weighted by molar-refractivity contribution is 0.289. The SMILES string of the molecule is Cc1cc(CNC2CC(c3ccccc3Br)C2)sc1C. The quantitative estimate of drug-likeness (QED) is 0.803. The average Bonchev–Trinajstić information content (AvgIpc) is 2.69. The highest BCUT2D eigenvalue weighted by Crippen LogP contribution is 2.40. The maximum Gasteiger partial charge on any atom is 0.0302 e. The van der Waals surface area contributed by atoms with Gasteiger partial charge in [-0.2, -0.15) is 0 Å². The number of halogens is 1. The largest absolute Gasteiger partial charge is 0.309 e. The van der Waals surface area contributed by atoms with E-state index in [0.717, 1.165) is 12.5 Å². The van der Waals surface area contributed by atoms with Crippen LogP contribution in [0, 0.1) is 13.8 Å². The van der Waals surface area contributed by atoms with Crippen molar-refractivity contribution in [1.29, 1.82) is 0 Å². The smallest absolute Gasteiger partial charge is 0.0302 e. The molecule has 1 saturated carbocycles. The van der Waals surface area contributed by atoms with Gasteiger partial charge in [-0.15, -0.1) is 11.3 Å². The van der Waals surface area contributed by atoms with Crippen LogP contribution in [0.15, 0.2) is 34.8 Å². The minimum Gasteiger partial charge on any atom is -0.309 e. The van der Waals surface area contributed by atoms with Crippen LogP contribution in [-0.2, 0) is 6.54 Å². The Hall–Kier alpha value is -0.640. The number of hydrogen-bond donors (Lipinski definition) is 1. The monoisotopic (exact) mass is 349 g/mol. The van der Waals surface area contributed by atoms with E-state index >= 15 is 0 Å². The first-order valence-electron chi connectivity index (χ1n) is 7.17. The molecule has 106 valence electrons. The summed E-state index contributed by atoms with van der Waals surface area (Å²) < 4.78 is 1.26. The molecule has 0 radical (unpaired) electrons. The number of rotatable bonds is 4. The third-order valence-corrected chi connectivity index (χ3v) is 6.14. The van der Waals surface area contributed by atoms with Crippen molar-refractivity contribution in [2.75, 3.05) is 0 Å². The van der Waals surface area contributed by atoms with Crippen molar-refractivity contribution >= 4 is 27.3 Å². The summed E-state index contributed by atoms with van der Waals surface area (Å²) in [5.41, 5.74) is 2.89. The highest BCUT2D eigenvalue weighted by atomic mass is 79.9. The molecule has 1 N–H and O–H groups in total. The molecule has 0 amide bonds. The van der Waals surface area contributed by atoms with Gasteiger partial charge in [0, 0.05) is 26.8 Å². The summed E-state index contributed by atoms with van der Waals surface area (Å²) in [6, 6.07) is 11.6. The first-order valence-corrected chi connectivity index (χ1v) is 8.78. The zero-order valence-electron chi connectivity index (χ0n) is 11.9. The lowest BCUT2D eigenvalue weighted by atomic mass is 9.76. The second-order valence-corrected chi connectivity index (χ2v) is 7.91. The topological polar surface area (TPSA) is 12.0 Å². The second kappa shape index (κ2) is 6.00. The lowest BCUT2D eigenvalue weighted by Crippen LogP contribution is -2.39. The molecule has 20 heavy (non-hydrogen) atoms. The molecule has 1 aliphatic carbocycles. The summed E-state index contributed by atoms with van der Waals surface area (Å²) >= 11 is 5.58. The molecule has 1 nitrogen and oxygen atoms in total. The van der Waals surface area contributed by atoms with Crippen LogP contribution in [0.4, 0.5) is 0 Å². The maximum absolute atomic E-state index is 3.69. The van der Waals surface area contributed by atoms with Gasteiger partial charge in [0.15, 0.2) is 0 Å². The van der Waals surface area contributed by atoms with Crippen LogP contribution in [0.5, 0.6) is 0 Å². The van der Waals surface area contributed by atoms with Gasteiger partial charge in [0.25, 0.3) is 0 Å². The molecule has 0 bridgehead atoms.